The van der Waals surface area contributed by atoms with Crippen LogP contribution in [0.4, 0.5) is 10.7 Å². The Morgan fingerprint density at radius 1 is 1.26 bits per heavy atom. The molecule has 1 aliphatic carbocycles. The lowest BCUT2D eigenvalue weighted by Crippen LogP contribution is -2.36. The zero-order valence-corrected chi connectivity index (χ0v) is 15.3. The standard InChI is InChI=1S/C16H23BrN4O2/c1-16(2,3)23-15(22)21-8-10-4-13(5-11(10)9-21)20-14-18-6-12(17)7-19-14/h6-7,10-11,13H,4-5,8-9H2,1-3H3,(H,18,19,20)/t10-,11+,13?. The van der Waals surface area contributed by atoms with E-state index in [1.165, 1.54) is 0 Å². The van der Waals surface area contributed by atoms with E-state index in [9.17, 15) is 4.79 Å². The summed E-state index contributed by atoms with van der Waals surface area (Å²) in [6.07, 6.45) is 5.39. The van der Waals surface area contributed by atoms with Crippen molar-refractivity contribution in [2.24, 2.45) is 11.8 Å². The largest absolute Gasteiger partial charge is 0.444 e. The van der Waals surface area contributed by atoms with E-state index in [0.717, 1.165) is 30.4 Å². The molecule has 126 valence electrons. The smallest absolute Gasteiger partial charge is 0.410 e. The van der Waals surface area contributed by atoms with Crippen LogP contribution in [0, 0.1) is 11.8 Å². The number of aromatic nitrogens is 2. The monoisotopic (exact) mass is 382 g/mol. The van der Waals surface area contributed by atoms with E-state index >= 15 is 0 Å². The van der Waals surface area contributed by atoms with E-state index in [1.807, 2.05) is 25.7 Å². The van der Waals surface area contributed by atoms with Crippen LogP contribution in [-0.2, 0) is 4.74 Å². The summed E-state index contributed by atoms with van der Waals surface area (Å²) in [4.78, 5) is 22.5. The van der Waals surface area contributed by atoms with Crippen LogP contribution in [0.3, 0.4) is 0 Å². The Hall–Kier alpha value is -1.37. The van der Waals surface area contributed by atoms with Crippen LogP contribution >= 0.6 is 15.9 Å². The number of fused-ring (bicyclic) bond motifs is 1. The molecule has 0 bridgehead atoms. The SMILES string of the molecule is CC(C)(C)OC(=O)N1C[C@H]2CC(Nc3ncc(Br)cn3)C[C@H]2C1. The molecule has 2 heterocycles. The number of amides is 1. The fourth-order valence-corrected chi connectivity index (χ4v) is 3.67. The second kappa shape index (κ2) is 6.26. The Balaban J connectivity index is 1.51. The van der Waals surface area contributed by atoms with Crippen LogP contribution in [0.25, 0.3) is 0 Å². The van der Waals surface area contributed by atoms with Gasteiger partial charge in [-0.3, -0.25) is 0 Å². The summed E-state index contributed by atoms with van der Waals surface area (Å²) in [7, 11) is 0. The van der Waals surface area contributed by atoms with Crippen LogP contribution in [0.15, 0.2) is 16.9 Å². The van der Waals surface area contributed by atoms with Crippen LogP contribution in [0.5, 0.6) is 0 Å². The van der Waals surface area contributed by atoms with E-state index in [2.05, 4.69) is 31.2 Å². The van der Waals surface area contributed by atoms with E-state index in [1.54, 1.807) is 12.4 Å². The third-order valence-corrected chi connectivity index (χ3v) is 4.77. The highest BCUT2D eigenvalue weighted by atomic mass is 79.9. The maximum absolute atomic E-state index is 12.2. The van der Waals surface area contributed by atoms with Gasteiger partial charge in [-0.25, -0.2) is 14.8 Å². The maximum atomic E-state index is 12.2. The molecule has 3 rings (SSSR count). The van der Waals surface area contributed by atoms with Crippen LogP contribution in [0.2, 0.25) is 0 Å². The number of anilines is 1. The van der Waals surface area contributed by atoms with Gasteiger partial charge in [-0.2, -0.15) is 0 Å². The molecule has 0 spiro atoms. The van der Waals surface area contributed by atoms with Crippen molar-refractivity contribution in [2.45, 2.75) is 45.3 Å². The molecule has 1 saturated carbocycles. The second-order valence-corrected chi connectivity index (χ2v) is 8.36. The molecular formula is C16H23BrN4O2. The second-order valence-electron chi connectivity index (χ2n) is 7.44. The molecule has 2 fully saturated rings. The quantitative estimate of drug-likeness (QED) is 0.849. The molecular weight excluding hydrogens is 360 g/mol. The van der Waals surface area contributed by atoms with E-state index in [0.29, 0.717) is 23.8 Å². The Kier molecular flexibility index (Phi) is 4.49. The summed E-state index contributed by atoms with van der Waals surface area (Å²) in [6.45, 7) is 7.29. The zero-order valence-electron chi connectivity index (χ0n) is 13.8. The van der Waals surface area contributed by atoms with Gasteiger partial charge in [-0.05, 0) is 61.4 Å². The number of ether oxygens (including phenoxy) is 1. The number of carbonyl (C=O) groups excluding carboxylic acids is 1. The number of likely N-dealkylation sites (tertiary alicyclic amines) is 1. The van der Waals surface area contributed by atoms with E-state index < -0.39 is 5.60 Å². The van der Waals surface area contributed by atoms with Crippen molar-refractivity contribution in [3.8, 4) is 0 Å². The summed E-state index contributed by atoms with van der Waals surface area (Å²) < 4.78 is 6.34. The molecule has 1 amide bonds. The number of hydrogen-bond acceptors (Lipinski definition) is 5. The van der Waals surface area contributed by atoms with Crippen molar-refractivity contribution in [3.05, 3.63) is 16.9 Å². The molecule has 1 unspecified atom stereocenters. The molecule has 3 atom stereocenters. The molecule has 1 aromatic heterocycles. The van der Waals surface area contributed by atoms with Gasteiger partial charge < -0.3 is 15.0 Å². The number of rotatable bonds is 2. The van der Waals surface area contributed by atoms with Gasteiger partial charge in [0.1, 0.15) is 5.60 Å². The molecule has 0 aromatic carbocycles. The molecule has 2 aliphatic rings. The highest BCUT2D eigenvalue weighted by molar-refractivity contribution is 9.10. The predicted molar refractivity (Wildman–Crippen MR) is 91.2 cm³/mol. The lowest BCUT2D eigenvalue weighted by molar-refractivity contribution is 0.0280. The highest BCUT2D eigenvalue weighted by Crippen LogP contribution is 2.39. The number of carbonyl (C=O) groups is 1. The minimum Gasteiger partial charge on any atom is -0.444 e. The average molecular weight is 383 g/mol. The first-order valence-electron chi connectivity index (χ1n) is 8.02. The third-order valence-electron chi connectivity index (χ3n) is 4.36. The lowest BCUT2D eigenvalue weighted by Gasteiger charge is -2.25. The van der Waals surface area contributed by atoms with Gasteiger partial charge in [0.15, 0.2) is 0 Å². The molecule has 23 heavy (non-hydrogen) atoms. The number of nitrogens with one attached hydrogen (secondary N) is 1. The van der Waals surface area contributed by atoms with Crippen LogP contribution < -0.4 is 5.32 Å². The van der Waals surface area contributed by atoms with Crippen molar-refractivity contribution >= 4 is 28.0 Å². The van der Waals surface area contributed by atoms with E-state index in [4.69, 9.17) is 4.74 Å². The molecule has 1 saturated heterocycles. The Labute approximate surface area is 145 Å². The minimum atomic E-state index is -0.433. The van der Waals surface area contributed by atoms with Gasteiger partial charge in [-0.15, -0.1) is 0 Å². The van der Waals surface area contributed by atoms with Crippen LogP contribution in [0.1, 0.15) is 33.6 Å². The summed E-state index contributed by atoms with van der Waals surface area (Å²) in [6, 6.07) is 0.381. The third kappa shape index (κ3) is 4.13. The highest BCUT2D eigenvalue weighted by Gasteiger charge is 2.43. The van der Waals surface area contributed by atoms with Gasteiger partial charge >= 0.3 is 6.09 Å². The average Bonchev–Trinajstić information content (AvgIpc) is 2.97. The first-order chi connectivity index (χ1) is 10.8. The molecule has 7 heteroatoms. The van der Waals surface area contributed by atoms with Crippen molar-refractivity contribution in [1.29, 1.82) is 0 Å². The van der Waals surface area contributed by atoms with Gasteiger partial charge in [0.05, 0.1) is 4.47 Å². The topological polar surface area (TPSA) is 67.3 Å². The molecule has 1 N–H and O–H groups in total. The molecule has 6 nitrogen and oxygen atoms in total. The minimum absolute atomic E-state index is 0.187. The van der Waals surface area contributed by atoms with Crippen molar-refractivity contribution in [2.75, 3.05) is 18.4 Å². The number of hydrogen-bond donors (Lipinski definition) is 1. The normalized spacial score (nSPS) is 27.0. The van der Waals surface area contributed by atoms with Gasteiger partial charge in [0.2, 0.25) is 5.95 Å². The summed E-state index contributed by atoms with van der Waals surface area (Å²) >= 11 is 3.34. The lowest BCUT2D eigenvalue weighted by atomic mass is 10.0. The van der Waals surface area contributed by atoms with Crippen LogP contribution in [-0.4, -0.2) is 45.7 Å². The number of halogens is 1. The van der Waals surface area contributed by atoms with Crippen molar-refractivity contribution in [3.63, 3.8) is 0 Å². The Bertz CT molecular complexity index is 558. The molecule has 1 aliphatic heterocycles. The summed E-state index contributed by atoms with van der Waals surface area (Å²) in [5, 5.41) is 3.40. The summed E-state index contributed by atoms with van der Waals surface area (Å²) in [5.41, 5.74) is -0.433. The summed E-state index contributed by atoms with van der Waals surface area (Å²) in [5.74, 6) is 1.74. The fourth-order valence-electron chi connectivity index (χ4n) is 3.46. The fraction of sp³-hybridized carbons (Fsp3) is 0.688. The number of nitrogens with zero attached hydrogens (tertiary/aromatic N) is 3. The zero-order chi connectivity index (χ0) is 16.6. The Morgan fingerprint density at radius 2 is 1.83 bits per heavy atom. The van der Waals surface area contributed by atoms with Gasteiger partial charge in [0, 0.05) is 31.5 Å². The first-order valence-corrected chi connectivity index (χ1v) is 8.81. The van der Waals surface area contributed by atoms with E-state index in [-0.39, 0.29) is 6.09 Å². The predicted octanol–water partition coefficient (Wildman–Crippen LogP) is 3.30. The first kappa shape index (κ1) is 16.5. The molecule has 1 aromatic rings. The maximum Gasteiger partial charge on any atom is 0.410 e. The molecule has 0 radical (unpaired) electrons. The Morgan fingerprint density at radius 3 is 2.35 bits per heavy atom. The van der Waals surface area contributed by atoms with Crippen molar-refractivity contribution < 1.29 is 9.53 Å². The van der Waals surface area contributed by atoms with Gasteiger partial charge in [0.25, 0.3) is 0 Å². The van der Waals surface area contributed by atoms with Crippen molar-refractivity contribution in [1.82, 2.24) is 14.9 Å². The van der Waals surface area contributed by atoms with Gasteiger partial charge in [-0.1, -0.05) is 0 Å².